The van der Waals surface area contributed by atoms with Crippen molar-refractivity contribution in [3.05, 3.63) is 44.8 Å². The van der Waals surface area contributed by atoms with E-state index in [9.17, 15) is 9.59 Å². The molecule has 0 spiro atoms. The number of hydrogen-bond donors (Lipinski definition) is 1. The highest BCUT2D eigenvalue weighted by Crippen LogP contribution is 2.40. The fourth-order valence-corrected chi connectivity index (χ4v) is 5.15. The number of amides is 1. The predicted octanol–water partition coefficient (Wildman–Crippen LogP) is 5.81. The largest absolute Gasteiger partial charge is 0.481 e. The minimum absolute atomic E-state index is 0.305. The fourth-order valence-electron chi connectivity index (χ4n) is 3.52. The summed E-state index contributed by atoms with van der Waals surface area (Å²) < 4.78 is 11.2. The molecule has 1 amide bonds. The van der Waals surface area contributed by atoms with E-state index in [4.69, 9.17) is 21.1 Å². The molecule has 2 atom stereocenters. The number of aryl methyl sites for hydroxylation is 1. The lowest BCUT2D eigenvalue weighted by molar-refractivity contribution is -0.122. The van der Waals surface area contributed by atoms with Crippen molar-refractivity contribution in [2.45, 2.75) is 59.5 Å². The molecule has 0 saturated heterocycles. The zero-order chi connectivity index (χ0) is 21.8. The quantitative estimate of drug-likeness (QED) is 0.542. The molecular weight excluding hydrogens is 422 g/mol. The molecule has 0 fully saturated rings. The molecule has 0 bridgehead atoms. The summed E-state index contributed by atoms with van der Waals surface area (Å²) in [6.45, 7) is 8.09. The molecule has 3 rings (SSSR count). The number of rotatable bonds is 7. The summed E-state index contributed by atoms with van der Waals surface area (Å²) in [7, 11) is 0. The first kappa shape index (κ1) is 22.6. The number of halogens is 1. The van der Waals surface area contributed by atoms with Crippen molar-refractivity contribution in [1.29, 1.82) is 0 Å². The lowest BCUT2D eigenvalue weighted by Gasteiger charge is -2.18. The molecule has 1 aliphatic rings. The van der Waals surface area contributed by atoms with Crippen LogP contribution in [-0.2, 0) is 22.4 Å². The van der Waals surface area contributed by atoms with Gasteiger partial charge in [-0.2, -0.15) is 0 Å². The summed E-state index contributed by atoms with van der Waals surface area (Å²) in [6.07, 6.45) is 2.79. The van der Waals surface area contributed by atoms with Crippen molar-refractivity contribution in [3.8, 4) is 5.75 Å². The Morgan fingerprint density at radius 1 is 1.37 bits per heavy atom. The van der Waals surface area contributed by atoms with E-state index >= 15 is 0 Å². The van der Waals surface area contributed by atoms with Gasteiger partial charge in [-0.3, -0.25) is 4.79 Å². The number of carbonyl (C=O) groups excluding carboxylic acids is 2. The summed E-state index contributed by atoms with van der Waals surface area (Å²) >= 11 is 7.47. The molecule has 0 unspecified atom stereocenters. The number of carbonyl (C=O) groups is 2. The van der Waals surface area contributed by atoms with Crippen LogP contribution in [0.3, 0.4) is 0 Å². The second-order valence-electron chi connectivity index (χ2n) is 7.85. The van der Waals surface area contributed by atoms with Crippen molar-refractivity contribution < 1.29 is 19.1 Å². The predicted molar refractivity (Wildman–Crippen MR) is 121 cm³/mol. The minimum Gasteiger partial charge on any atom is -0.481 e. The highest BCUT2D eigenvalue weighted by molar-refractivity contribution is 7.17. The molecule has 1 aliphatic carbocycles. The van der Waals surface area contributed by atoms with E-state index in [0.717, 1.165) is 41.7 Å². The summed E-state index contributed by atoms with van der Waals surface area (Å²) in [4.78, 5) is 26.8. The van der Waals surface area contributed by atoms with E-state index in [1.807, 2.05) is 13.8 Å². The Morgan fingerprint density at radius 3 is 2.83 bits per heavy atom. The molecule has 1 heterocycles. The first-order valence-electron chi connectivity index (χ1n) is 10.4. The molecule has 1 aromatic carbocycles. The van der Waals surface area contributed by atoms with Crippen LogP contribution in [0.15, 0.2) is 18.2 Å². The Labute approximate surface area is 186 Å². The smallest absolute Gasteiger partial charge is 0.341 e. The van der Waals surface area contributed by atoms with Gasteiger partial charge in [-0.15, -0.1) is 11.3 Å². The van der Waals surface area contributed by atoms with Crippen molar-refractivity contribution in [2.75, 3.05) is 11.9 Å². The summed E-state index contributed by atoms with van der Waals surface area (Å²) in [6, 6.07) is 5.27. The molecule has 0 radical (unpaired) electrons. The average molecular weight is 450 g/mol. The first-order valence-corrected chi connectivity index (χ1v) is 11.5. The van der Waals surface area contributed by atoms with Crippen LogP contribution in [-0.4, -0.2) is 24.6 Å². The van der Waals surface area contributed by atoms with Gasteiger partial charge in [0.15, 0.2) is 6.10 Å². The van der Waals surface area contributed by atoms with Crippen LogP contribution in [0.5, 0.6) is 5.75 Å². The van der Waals surface area contributed by atoms with E-state index in [-0.39, 0.29) is 11.9 Å². The molecule has 5 nitrogen and oxygen atoms in total. The van der Waals surface area contributed by atoms with Crippen molar-refractivity contribution in [2.24, 2.45) is 5.92 Å². The molecule has 0 aliphatic heterocycles. The number of anilines is 1. The van der Waals surface area contributed by atoms with Gasteiger partial charge in [0.1, 0.15) is 10.8 Å². The fraction of sp³-hybridized carbons (Fsp3) is 0.478. The Morgan fingerprint density at radius 2 is 2.13 bits per heavy atom. The number of ether oxygens (including phenoxy) is 2. The third kappa shape index (κ3) is 5.16. The summed E-state index contributed by atoms with van der Waals surface area (Å²) in [5.74, 6) is 0.500. The minimum atomic E-state index is -0.734. The van der Waals surface area contributed by atoms with Crippen LogP contribution in [0, 0.1) is 12.8 Å². The average Bonchev–Trinajstić information content (AvgIpc) is 3.04. The number of hydrogen-bond acceptors (Lipinski definition) is 5. The summed E-state index contributed by atoms with van der Waals surface area (Å²) in [5.41, 5.74) is 2.39. The Balaban J connectivity index is 1.80. The maximum Gasteiger partial charge on any atom is 0.341 e. The second kappa shape index (κ2) is 9.84. The molecule has 2 aromatic rings. The second-order valence-corrected chi connectivity index (χ2v) is 9.39. The molecule has 1 N–H and O–H groups in total. The molecular formula is C23H28ClNO4S. The van der Waals surface area contributed by atoms with Gasteiger partial charge in [0.2, 0.25) is 0 Å². The summed E-state index contributed by atoms with van der Waals surface area (Å²) in [5, 5.41) is 4.09. The van der Waals surface area contributed by atoms with Crippen LogP contribution in [0.4, 0.5) is 5.00 Å². The van der Waals surface area contributed by atoms with Crippen LogP contribution in [0.1, 0.15) is 60.0 Å². The number of fused-ring (bicyclic) bond motifs is 1. The van der Waals surface area contributed by atoms with Gasteiger partial charge >= 0.3 is 5.97 Å². The number of nitrogens with one attached hydrogen (secondary N) is 1. The van der Waals surface area contributed by atoms with Gasteiger partial charge in [-0.25, -0.2) is 4.79 Å². The molecule has 1 aromatic heterocycles. The van der Waals surface area contributed by atoms with E-state index < -0.39 is 6.10 Å². The molecule has 0 saturated carbocycles. The van der Waals surface area contributed by atoms with Gasteiger partial charge in [-0.1, -0.05) is 25.4 Å². The van der Waals surface area contributed by atoms with Crippen molar-refractivity contribution >= 4 is 39.8 Å². The van der Waals surface area contributed by atoms with Gasteiger partial charge < -0.3 is 14.8 Å². The molecule has 7 heteroatoms. The van der Waals surface area contributed by atoms with Gasteiger partial charge in [0.25, 0.3) is 5.91 Å². The van der Waals surface area contributed by atoms with E-state index in [2.05, 4.69) is 12.2 Å². The first-order chi connectivity index (χ1) is 14.3. The van der Waals surface area contributed by atoms with E-state index in [1.165, 1.54) is 11.3 Å². The zero-order valence-corrected chi connectivity index (χ0v) is 19.4. The topological polar surface area (TPSA) is 64.6 Å². The highest BCUT2D eigenvalue weighted by atomic mass is 35.5. The Kier molecular flexibility index (Phi) is 7.42. The van der Waals surface area contributed by atoms with Gasteiger partial charge in [0, 0.05) is 9.90 Å². The van der Waals surface area contributed by atoms with Crippen LogP contribution in [0.25, 0.3) is 0 Å². The van der Waals surface area contributed by atoms with Gasteiger partial charge in [0.05, 0.1) is 12.2 Å². The lowest BCUT2D eigenvalue weighted by Crippen LogP contribution is -2.30. The third-order valence-corrected chi connectivity index (χ3v) is 6.60. The Hall–Kier alpha value is -2.05. The maximum atomic E-state index is 12.9. The zero-order valence-electron chi connectivity index (χ0n) is 17.8. The van der Waals surface area contributed by atoms with E-state index in [1.54, 1.807) is 25.1 Å². The maximum absolute atomic E-state index is 12.9. The van der Waals surface area contributed by atoms with Crippen molar-refractivity contribution in [3.63, 3.8) is 0 Å². The normalized spacial score (nSPS) is 16.5. The van der Waals surface area contributed by atoms with Crippen LogP contribution < -0.4 is 10.1 Å². The number of esters is 1. The Bertz CT molecular complexity index is 940. The standard InChI is InChI=1S/C23H28ClNO4S/c1-5-10-28-23(27)20-17-8-6-13(2)11-19(17)30-22(20)25-21(26)15(4)29-18-9-7-16(24)12-14(18)3/h7,9,12-13,15H,5-6,8,10-11H2,1-4H3,(H,25,26)/t13-,15-/m1/s1. The molecule has 162 valence electrons. The molecule has 30 heavy (non-hydrogen) atoms. The van der Waals surface area contributed by atoms with Gasteiger partial charge in [-0.05, 0) is 74.8 Å². The van der Waals surface area contributed by atoms with E-state index in [0.29, 0.717) is 33.9 Å². The highest BCUT2D eigenvalue weighted by Gasteiger charge is 2.30. The van der Waals surface area contributed by atoms with Crippen LogP contribution in [0.2, 0.25) is 5.02 Å². The SMILES string of the molecule is CCCOC(=O)c1c(NC(=O)[C@@H](C)Oc2ccc(Cl)cc2C)sc2c1CC[C@@H](C)C2. The monoisotopic (exact) mass is 449 g/mol. The number of benzene rings is 1. The lowest BCUT2D eigenvalue weighted by atomic mass is 9.88. The third-order valence-electron chi connectivity index (χ3n) is 5.20. The number of thiophene rings is 1. The van der Waals surface area contributed by atoms with Crippen LogP contribution >= 0.6 is 22.9 Å². The van der Waals surface area contributed by atoms with Crippen molar-refractivity contribution in [1.82, 2.24) is 0 Å².